The molecule has 1 aromatic rings. The van der Waals surface area contributed by atoms with Gasteiger partial charge in [-0.05, 0) is 20.1 Å². The molecule has 0 bridgehead atoms. The molecule has 0 spiro atoms. The van der Waals surface area contributed by atoms with Crippen LogP contribution in [-0.2, 0) is 0 Å². The second kappa shape index (κ2) is 6.92. The number of carbonyl (C=O) groups excluding carboxylic acids is 1. The van der Waals surface area contributed by atoms with E-state index in [2.05, 4.69) is 9.97 Å². The molecule has 1 amide bonds. The molecule has 1 rings (SSSR count). The molecular weight excluding hydrogens is 274 g/mol. The lowest BCUT2D eigenvalue weighted by Gasteiger charge is -2.25. The van der Waals surface area contributed by atoms with Crippen LogP contribution < -0.4 is 0 Å². The molecule has 0 fully saturated rings. The average molecular weight is 290 g/mol. The molecule has 0 aromatic carbocycles. The Morgan fingerprint density at radius 1 is 1.61 bits per heavy atom. The Labute approximate surface area is 116 Å². The van der Waals surface area contributed by atoms with Crippen molar-refractivity contribution in [3.63, 3.8) is 0 Å². The first kappa shape index (κ1) is 15.2. The molecule has 1 N–H and O–H groups in total. The van der Waals surface area contributed by atoms with Gasteiger partial charge in [0.15, 0.2) is 10.9 Å². The van der Waals surface area contributed by atoms with E-state index in [1.54, 1.807) is 0 Å². The fourth-order valence-corrected chi connectivity index (χ4v) is 1.95. The van der Waals surface area contributed by atoms with Crippen LogP contribution in [0.15, 0.2) is 11.4 Å². The van der Waals surface area contributed by atoms with E-state index < -0.39 is 0 Å². The molecule has 0 radical (unpaired) electrons. The minimum atomic E-state index is -0.290. The summed E-state index contributed by atoms with van der Waals surface area (Å²) in [5.74, 6) is -0.290. The van der Waals surface area contributed by atoms with Crippen LogP contribution in [0.1, 0.15) is 24.3 Å². The molecule has 0 saturated carbocycles. The van der Waals surface area contributed by atoms with Gasteiger partial charge in [0, 0.05) is 12.6 Å². The van der Waals surface area contributed by atoms with E-state index in [9.17, 15) is 4.79 Å². The number of halogens is 1. The van der Waals surface area contributed by atoms with Crippen LogP contribution in [0.5, 0.6) is 0 Å². The third-order valence-corrected chi connectivity index (χ3v) is 3.17. The Morgan fingerprint density at radius 3 is 2.78 bits per heavy atom. The van der Waals surface area contributed by atoms with Crippen LogP contribution in [0.4, 0.5) is 0 Å². The van der Waals surface area contributed by atoms with E-state index in [0.29, 0.717) is 5.16 Å². The third kappa shape index (κ3) is 3.57. The van der Waals surface area contributed by atoms with Crippen LogP contribution in [0.2, 0.25) is 5.02 Å². The number of aromatic nitrogens is 2. The van der Waals surface area contributed by atoms with Crippen molar-refractivity contribution in [1.82, 2.24) is 14.9 Å². The zero-order valence-corrected chi connectivity index (χ0v) is 12.1. The van der Waals surface area contributed by atoms with Crippen LogP contribution in [-0.4, -0.2) is 51.3 Å². The first-order chi connectivity index (χ1) is 8.51. The highest BCUT2D eigenvalue weighted by atomic mass is 35.5. The van der Waals surface area contributed by atoms with Gasteiger partial charge >= 0.3 is 0 Å². The number of aliphatic hydroxyl groups excluding tert-OH is 1. The molecule has 7 heteroatoms. The van der Waals surface area contributed by atoms with Gasteiger partial charge in [0.05, 0.1) is 17.8 Å². The zero-order chi connectivity index (χ0) is 13.7. The van der Waals surface area contributed by atoms with Gasteiger partial charge in [-0.15, -0.1) is 0 Å². The summed E-state index contributed by atoms with van der Waals surface area (Å²) >= 11 is 7.29. The number of amides is 1. The maximum Gasteiger partial charge on any atom is 0.274 e. The van der Waals surface area contributed by atoms with Crippen molar-refractivity contribution in [2.24, 2.45) is 0 Å². The Balaban J connectivity index is 3.07. The molecule has 1 aromatic heterocycles. The van der Waals surface area contributed by atoms with E-state index in [4.69, 9.17) is 16.7 Å². The lowest BCUT2D eigenvalue weighted by molar-refractivity contribution is 0.0658. The van der Waals surface area contributed by atoms with Crippen molar-refractivity contribution < 1.29 is 9.90 Å². The number of carbonyl (C=O) groups is 1. The van der Waals surface area contributed by atoms with Gasteiger partial charge < -0.3 is 10.0 Å². The summed E-state index contributed by atoms with van der Waals surface area (Å²) in [4.78, 5) is 21.9. The van der Waals surface area contributed by atoms with Gasteiger partial charge in [-0.3, -0.25) is 4.79 Å². The van der Waals surface area contributed by atoms with Crippen LogP contribution in [0.3, 0.4) is 0 Å². The molecule has 0 aliphatic rings. The van der Waals surface area contributed by atoms with Gasteiger partial charge in [0.25, 0.3) is 5.91 Å². The minimum absolute atomic E-state index is 0.0339. The molecule has 100 valence electrons. The van der Waals surface area contributed by atoms with E-state index in [1.165, 1.54) is 22.9 Å². The zero-order valence-electron chi connectivity index (χ0n) is 10.6. The quantitative estimate of drug-likeness (QED) is 0.660. The monoisotopic (exact) mass is 289 g/mol. The summed E-state index contributed by atoms with van der Waals surface area (Å²) < 4.78 is 0. The highest BCUT2D eigenvalue weighted by Gasteiger charge is 2.22. The van der Waals surface area contributed by atoms with Gasteiger partial charge in [-0.25, -0.2) is 9.97 Å². The van der Waals surface area contributed by atoms with E-state index in [-0.39, 0.29) is 35.8 Å². The van der Waals surface area contributed by atoms with Gasteiger partial charge in [-0.2, -0.15) is 0 Å². The predicted octanol–water partition coefficient (Wildman–Crippen LogP) is 1.69. The Morgan fingerprint density at radius 2 is 2.28 bits per heavy atom. The Hall–Kier alpha value is -0.850. The first-order valence-electron chi connectivity index (χ1n) is 5.49. The van der Waals surface area contributed by atoms with Crippen molar-refractivity contribution in [3.05, 3.63) is 16.9 Å². The van der Waals surface area contributed by atoms with E-state index in [1.807, 2.05) is 20.1 Å². The van der Waals surface area contributed by atoms with Crippen molar-refractivity contribution in [2.45, 2.75) is 25.0 Å². The predicted molar refractivity (Wildman–Crippen MR) is 72.1 cm³/mol. The molecular formula is C11H16ClN3O2S. The summed E-state index contributed by atoms with van der Waals surface area (Å²) in [6, 6.07) is -0.0339. The smallest absolute Gasteiger partial charge is 0.274 e. The normalized spacial score (nSPS) is 10.8. The number of hydrogen-bond donors (Lipinski definition) is 1. The maximum atomic E-state index is 12.3. The topological polar surface area (TPSA) is 66.3 Å². The summed E-state index contributed by atoms with van der Waals surface area (Å²) in [5.41, 5.74) is 0.179. The average Bonchev–Trinajstić information content (AvgIpc) is 2.35. The Bertz CT molecular complexity index is 429. The van der Waals surface area contributed by atoms with E-state index >= 15 is 0 Å². The number of thioether (sulfide) groups is 1. The summed E-state index contributed by atoms with van der Waals surface area (Å²) in [5, 5.41) is 9.71. The van der Waals surface area contributed by atoms with Crippen LogP contribution in [0, 0.1) is 0 Å². The summed E-state index contributed by atoms with van der Waals surface area (Å²) in [7, 11) is 0. The van der Waals surface area contributed by atoms with Crippen molar-refractivity contribution >= 4 is 29.3 Å². The largest absolute Gasteiger partial charge is 0.395 e. The number of nitrogens with zero attached hydrogens (tertiary/aromatic N) is 3. The second-order valence-corrected chi connectivity index (χ2v) is 5.05. The van der Waals surface area contributed by atoms with Crippen molar-refractivity contribution in [3.8, 4) is 0 Å². The summed E-state index contributed by atoms with van der Waals surface area (Å²) in [6.07, 6.45) is 3.25. The Kier molecular flexibility index (Phi) is 5.84. The molecule has 5 nitrogen and oxygen atoms in total. The summed E-state index contributed by atoms with van der Waals surface area (Å²) in [6.45, 7) is 3.91. The first-order valence-corrected chi connectivity index (χ1v) is 7.09. The fourth-order valence-electron chi connectivity index (χ4n) is 1.44. The third-order valence-electron chi connectivity index (χ3n) is 2.33. The van der Waals surface area contributed by atoms with Crippen LogP contribution in [0.25, 0.3) is 0 Å². The molecule has 0 aliphatic carbocycles. The molecule has 18 heavy (non-hydrogen) atoms. The standard InChI is InChI=1S/C11H16ClN3O2S/c1-7(2)15(4-5-16)10(17)9-8(12)6-13-11(14-9)18-3/h6-7,16H,4-5H2,1-3H3. The molecule has 0 atom stereocenters. The highest BCUT2D eigenvalue weighted by molar-refractivity contribution is 7.98. The van der Waals surface area contributed by atoms with Crippen LogP contribution >= 0.6 is 23.4 Å². The number of hydrogen-bond acceptors (Lipinski definition) is 5. The van der Waals surface area contributed by atoms with Crippen molar-refractivity contribution in [2.75, 3.05) is 19.4 Å². The minimum Gasteiger partial charge on any atom is -0.395 e. The highest BCUT2D eigenvalue weighted by Crippen LogP contribution is 2.19. The lowest BCUT2D eigenvalue weighted by Crippen LogP contribution is -2.39. The van der Waals surface area contributed by atoms with Crippen molar-refractivity contribution in [1.29, 1.82) is 0 Å². The van der Waals surface area contributed by atoms with Gasteiger partial charge in [0.1, 0.15) is 0 Å². The molecule has 0 saturated heterocycles. The maximum absolute atomic E-state index is 12.3. The number of rotatable bonds is 5. The van der Waals surface area contributed by atoms with Gasteiger partial charge in [-0.1, -0.05) is 23.4 Å². The molecule has 1 heterocycles. The second-order valence-electron chi connectivity index (χ2n) is 3.87. The molecule has 0 aliphatic heterocycles. The SMILES string of the molecule is CSc1ncc(Cl)c(C(=O)N(CCO)C(C)C)n1. The number of aliphatic hydroxyl groups is 1. The van der Waals surface area contributed by atoms with Gasteiger partial charge in [0.2, 0.25) is 0 Å². The lowest BCUT2D eigenvalue weighted by atomic mass is 10.2. The molecule has 0 unspecified atom stereocenters. The van der Waals surface area contributed by atoms with E-state index in [0.717, 1.165) is 0 Å². The fraction of sp³-hybridized carbons (Fsp3) is 0.545.